The molecule has 2 aromatic rings. The monoisotopic (exact) mass is 323 g/mol. The Hall–Kier alpha value is -1.68. The first kappa shape index (κ1) is 17.2. The molecule has 0 atom stereocenters. The Labute approximate surface area is 146 Å². The largest absolute Gasteiger partial charge is 0.305 e. The Morgan fingerprint density at radius 3 is 2.29 bits per heavy atom. The normalized spacial score (nSPS) is 13.0. The Bertz CT molecular complexity index is 719. The number of nitrogens with zero attached hydrogens (tertiary/aromatic N) is 3. The maximum atomic E-state index is 2.42. The summed E-state index contributed by atoms with van der Waals surface area (Å²) in [6, 6.07) is 13.7. The minimum absolute atomic E-state index is 0.973. The van der Waals surface area contributed by atoms with E-state index in [0.717, 1.165) is 26.2 Å². The van der Waals surface area contributed by atoms with E-state index in [1.54, 1.807) is 0 Å². The van der Waals surface area contributed by atoms with Crippen molar-refractivity contribution >= 4 is 0 Å². The van der Waals surface area contributed by atoms with Crippen LogP contribution >= 0.6 is 0 Å². The summed E-state index contributed by atoms with van der Waals surface area (Å²) in [6.45, 7) is 2.95. The number of rotatable bonds is 6. The lowest BCUT2D eigenvalue weighted by molar-refractivity contribution is 0.204. The molecule has 0 heterocycles. The molecule has 0 unspecified atom stereocenters. The topological polar surface area (TPSA) is 9.72 Å². The molecular weight excluding hydrogens is 294 g/mol. The van der Waals surface area contributed by atoms with E-state index in [1.165, 1.54) is 33.4 Å². The summed E-state index contributed by atoms with van der Waals surface area (Å²) in [5.74, 6) is 0. The van der Waals surface area contributed by atoms with Gasteiger partial charge < -0.3 is 4.90 Å². The van der Waals surface area contributed by atoms with Crippen molar-refractivity contribution in [1.29, 1.82) is 0 Å². The summed E-state index contributed by atoms with van der Waals surface area (Å²) in [4.78, 5) is 6.84. The molecule has 3 heteroatoms. The molecule has 2 aromatic carbocycles. The van der Waals surface area contributed by atoms with Crippen LogP contribution in [-0.4, -0.2) is 56.6 Å². The van der Waals surface area contributed by atoms with Gasteiger partial charge in [-0.05, 0) is 75.0 Å². The molecule has 0 aromatic heterocycles. The number of fused-ring (bicyclic) bond motifs is 3. The molecule has 0 aliphatic heterocycles. The molecule has 0 N–H and O–H groups in total. The van der Waals surface area contributed by atoms with E-state index in [2.05, 4.69) is 86.3 Å². The molecule has 128 valence electrons. The molecule has 3 nitrogen and oxygen atoms in total. The molecule has 0 radical (unpaired) electrons. The molecule has 0 saturated carbocycles. The number of benzene rings is 2. The first-order valence-corrected chi connectivity index (χ1v) is 8.65. The summed E-state index contributed by atoms with van der Waals surface area (Å²) in [5, 5.41) is 0. The lowest BCUT2D eigenvalue weighted by Crippen LogP contribution is -2.29. The van der Waals surface area contributed by atoms with Crippen LogP contribution in [0.3, 0.4) is 0 Å². The zero-order chi connectivity index (χ0) is 17.3. The first-order valence-electron chi connectivity index (χ1n) is 8.65. The van der Waals surface area contributed by atoms with Gasteiger partial charge in [-0.3, -0.25) is 9.80 Å². The predicted molar refractivity (Wildman–Crippen MR) is 102 cm³/mol. The zero-order valence-corrected chi connectivity index (χ0v) is 15.6. The highest BCUT2D eigenvalue weighted by atomic mass is 15.3. The van der Waals surface area contributed by atoms with Gasteiger partial charge in [-0.2, -0.15) is 0 Å². The van der Waals surface area contributed by atoms with Gasteiger partial charge in [-0.25, -0.2) is 0 Å². The van der Waals surface area contributed by atoms with Gasteiger partial charge >= 0.3 is 0 Å². The second kappa shape index (κ2) is 7.06. The van der Waals surface area contributed by atoms with E-state index >= 15 is 0 Å². The van der Waals surface area contributed by atoms with Crippen LogP contribution in [0.15, 0.2) is 36.4 Å². The molecule has 1 aliphatic rings. The fraction of sp³-hybridized carbons (Fsp3) is 0.429. The Kier molecular flexibility index (Phi) is 5.04. The van der Waals surface area contributed by atoms with Crippen LogP contribution in [0.1, 0.15) is 22.3 Å². The number of hydrogen-bond donors (Lipinski definition) is 0. The molecule has 0 saturated heterocycles. The van der Waals surface area contributed by atoms with Gasteiger partial charge in [0.2, 0.25) is 0 Å². The van der Waals surface area contributed by atoms with Crippen LogP contribution in [0.2, 0.25) is 0 Å². The van der Waals surface area contributed by atoms with Gasteiger partial charge in [0.1, 0.15) is 0 Å². The van der Waals surface area contributed by atoms with Crippen LogP contribution in [0.5, 0.6) is 0 Å². The number of hydrogen-bond acceptors (Lipinski definition) is 3. The first-order chi connectivity index (χ1) is 11.4. The zero-order valence-electron chi connectivity index (χ0n) is 15.6. The molecule has 3 rings (SSSR count). The van der Waals surface area contributed by atoms with Crippen molar-refractivity contribution in [2.24, 2.45) is 0 Å². The molecule has 0 fully saturated rings. The third kappa shape index (κ3) is 3.69. The van der Waals surface area contributed by atoms with Crippen LogP contribution in [-0.2, 0) is 19.5 Å². The lowest BCUT2D eigenvalue weighted by Gasteiger charge is -2.23. The third-order valence-electron chi connectivity index (χ3n) is 4.49. The SMILES string of the molecule is CN(C)Cc1cc(CN(C)CN(C)C)cc2c1-c1ccccc1C2. The summed E-state index contributed by atoms with van der Waals surface area (Å²) in [7, 11) is 10.7. The molecule has 0 spiro atoms. The van der Waals surface area contributed by atoms with Crippen molar-refractivity contribution in [3.8, 4) is 11.1 Å². The molecule has 0 bridgehead atoms. The minimum Gasteiger partial charge on any atom is -0.305 e. The van der Waals surface area contributed by atoms with Gasteiger partial charge in [0.05, 0.1) is 6.67 Å². The van der Waals surface area contributed by atoms with Crippen molar-refractivity contribution in [2.75, 3.05) is 41.9 Å². The smallest absolute Gasteiger partial charge is 0.0501 e. The highest BCUT2D eigenvalue weighted by Gasteiger charge is 2.22. The van der Waals surface area contributed by atoms with Crippen molar-refractivity contribution in [1.82, 2.24) is 14.7 Å². The predicted octanol–water partition coefficient (Wildman–Crippen LogP) is 3.27. The van der Waals surface area contributed by atoms with Crippen LogP contribution in [0.4, 0.5) is 0 Å². The summed E-state index contributed by atoms with van der Waals surface area (Å²) in [5.41, 5.74) is 8.73. The van der Waals surface area contributed by atoms with E-state index in [0.29, 0.717) is 0 Å². The molecule has 24 heavy (non-hydrogen) atoms. The fourth-order valence-corrected chi connectivity index (χ4v) is 3.85. The lowest BCUT2D eigenvalue weighted by atomic mass is 9.96. The van der Waals surface area contributed by atoms with E-state index in [1.807, 2.05) is 0 Å². The average molecular weight is 323 g/mol. The summed E-state index contributed by atoms with van der Waals surface area (Å²) < 4.78 is 0. The quantitative estimate of drug-likeness (QED) is 0.645. The standard InChI is InChI=1S/C21H29N3/c1-22(2)14-19-11-16(13-24(5)15-23(3)4)10-18-12-17-8-6-7-9-20(17)21(18)19/h6-11H,12-15H2,1-5H3. The highest BCUT2D eigenvalue weighted by Crippen LogP contribution is 2.40. The van der Waals surface area contributed by atoms with Gasteiger partial charge in [0, 0.05) is 13.1 Å². The van der Waals surface area contributed by atoms with Gasteiger partial charge in [0.25, 0.3) is 0 Å². The maximum absolute atomic E-state index is 2.42. The Morgan fingerprint density at radius 2 is 1.58 bits per heavy atom. The van der Waals surface area contributed by atoms with E-state index in [-0.39, 0.29) is 0 Å². The van der Waals surface area contributed by atoms with Crippen LogP contribution in [0.25, 0.3) is 11.1 Å². The van der Waals surface area contributed by atoms with Crippen molar-refractivity contribution in [3.05, 3.63) is 58.7 Å². The van der Waals surface area contributed by atoms with Gasteiger partial charge in [-0.15, -0.1) is 0 Å². The second-order valence-corrected chi connectivity index (χ2v) is 7.60. The Balaban J connectivity index is 1.96. The maximum Gasteiger partial charge on any atom is 0.0501 e. The third-order valence-corrected chi connectivity index (χ3v) is 4.49. The minimum atomic E-state index is 0.973. The van der Waals surface area contributed by atoms with Crippen LogP contribution < -0.4 is 0 Å². The molecule has 1 aliphatic carbocycles. The van der Waals surface area contributed by atoms with E-state index < -0.39 is 0 Å². The van der Waals surface area contributed by atoms with Gasteiger partial charge in [0.15, 0.2) is 0 Å². The Morgan fingerprint density at radius 1 is 0.833 bits per heavy atom. The summed E-state index contributed by atoms with van der Waals surface area (Å²) >= 11 is 0. The van der Waals surface area contributed by atoms with Crippen molar-refractivity contribution in [2.45, 2.75) is 19.5 Å². The van der Waals surface area contributed by atoms with E-state index in [9.17, 15) is 0 Å². The average Bonchev–Trinajstić information content (AvgIpc) is 2.83. The van der Waals surface area contributed by atoms with Gasteiger partial charge in [-0.1, -0.05) is 36.4 Å². The molecule has 0 amide bonds. The van der Waals surface area contributed by atoms with E-state index in [4.69, 9.17) is 0 Å². The second-order valence-electron chi connectivity index (χ2n) is 7.60. The van der Waals surface area contributed by atoms with Crippen LogP contribution in [0, 0.1) is 0 Å². The molecular formula is C21H29N3. The fourth-order valence-electron chi connectivity index (χ4n) is 3.85. The van der Waals surface area contributed by atoms with Crippen molar-refractivity contribution < 1.29 is 0 Å². The highest BCUT2D eigenvalue weighted by molar-refractivity contribution is 5.79. The van der Waals surface area contributed by atoms with Crippen molar-refractivity contribution in [3.63, 3.8) is 0 Å². The summed E-state index contributed by atoms with van der Waals surface area (Å²) in [6.07, 6.45) is 1.07.